The molecule has 2 N–H and O–H groups in total. The van der Waals surface area contributed by atoms with Crippen LogP contribution < -0.4 is 10.6 Å². The van der Waals surface area contributed by atoms with Crippen molar-refractivity contribution in [3.05, 3.63) is 42.2 Å². The van der Waals surface area contributed by atoms with E-state index in [-0.39, 0.29) is 0 Å². The predicted octanol–water partition coefficient (Wildman–Crippen LogP) is 3.03. The van der Waals surface area contributed by atoms with Gasteiger partial charge in [-0.1, -0.05) is 13.8 Å². The van der Waals surface area contributed by atoms with Crippen molar-refractivity contribution in [2.75, 3.05) is 17.7 Å². The first-order valence-electron chi connectivity index (χ1n) is 6.46. The Bertz CT molecular complexity index is 517. The Labute approximate surface area is 114 Å². The summed E-state index contributed by atoms with van der Waals surface area (Å²) in [5.74, 6) is 1.31. The molecule has 0 saturated heterocycles. The molecule has 1 aromatic heterocycles. The number of aromatic nitrogens is 2. The van der Waals surface area contributed by atoms with Crippen LogP contribution in [0.5, 0.6) is 0 Å². The van der Waals surface area contributed by atoms with Crippen LogP contribution in [0, 0.1) is 5.92 Å². The lowest BCUT2D eigenvalue weighted by molar-refractivity contribution is 0.643. The lowest BCUT2D eigenvalue weighted by Gasteiger charge is -2.17. The Morgan fingerprint density at radius 2 is 1.68 bits per heavy atom. The van der Waals surface area contributed by atoms with Crippen molar-refractivity contribution in [3.8, 4) is 0 Å². The molecule has 4 heteroatoms. The quantitative estimate of drug-likeness (QED) is 0.854. The number of rotatable bonds is 4. The molecule has 0 fully saturated rings. The fourth-order valence-corrected chi connectivity index (χ4v) is 1.91. The predicted molar refractivity (Wildman–Crippen MR) is 79.5 cm³/mol. The molecule has 0 saturated carbocycles. The van der Waals surface area contributed by atoms with Crippen molar-refractivity contribution in [3.63, 3.8) is 0 Å². The zero-order valence-electron chi connectivity index (χ0n) is 11.7. The van der Waals surface area contributed by atoms with E-state index in [1.54, 1.807) is 0 Å². The van der Waals surface area contributed by atoms with Crippen LogP contribution >= 0.6 is 0 Å². The third kappa shape index (κ3) is 3.44. The Hall–Kier alpha value is -2.10. The molecule has 0 atom stereocenters. The molecule has 19 heavy (non-hydrogen) atoms. The summed E-state index contributed by atoms with van der Waals surface area (Å²) in [6.45, 7) is 4.38. The molecule has 0 unspecified atom stereocenters. The fraction of sp³-hybridized carbons (Fsp3) is 0.333. The first kappa shape index (κ1) is 13.3. The van der Waals surface area contributed by atoms with Gasteiger partial charge in [-0.25, -0.2) is 9.97 Å². The number of nitrogen functional groups attached to an aromatic ring is 1. The van der Waals surface area contributed by atoms with Crippen LogP contribution in [0.2, 0.25) is 0 Å². The third-order valence-corrected chi connectivity index (χ3v) is 2.92. The highest BCUT2D eigenvalue weighted by atomic mass is 15.2. The molecule has 2 rings (SSSR count). The third-order valence-electron chi connectivity index (χ3n) is 2.92. The van der Waals surface area contributed by atoms with E-state index >= 15 is 0 Å². The number of benzene rings is 1. The molecule has 100 valence electrons. The molecule has 0 aliphatic rings. The van der Waals surface area contributed by atoms with Crippen molar-refractivity contribution >= 4 is 17.3 Å². The summed E-state index contributed by atoms with van der Waals surface area (Å²) in [7, 11) is 1.95. The van der Waals surface area contributed by atoms with Crippen molar-refractivity contribution in [1.82, 2.24) is 9.97 Å². The summed E-state index contributed by atoms with van der Waals surface area (Å²) in [6.07, 6.45) is 4.80. The molecule has 1 aromatic carbocycles. The molecule has 0 aliphatic heterocycles. The van der Waals surface area contributed by atoms with Crippen LogP contribution in [0.4, 0.5) is 17.3 Å². The molecule has 0 radical (unpaired) electrons. The van der Waals surface area contributed by atoms with Gasteiger partial charge in [0.05, 0.1) is 0 Å². The summed E-state index contributed by atoms with van der Waals surface area (Å²) >= 11 is 0. The Balaban J connectivity index is 2.15. The summed E-state index contributed by atoms with van der Waals surface area (Å²) in [5.41, 5.74) is 8.63. The van der Waals surface area contributed by atoms with Crippen LogP contribution in [0.1, 0.15) is 19.4 Å². The van der Waals surface area contributed by atoms with E-state index in [4.69, 9.17) is 5.73 Å². The lowest BCUT2D eigenvalue weighted by atomic mass is 10.1. The molecule has 2 aromatic rings. The topological polar surface area (TPSA) is 55.0 Å². The van der Waals surface area contributed by atoms with Crippen LogP contribution in [-0.4, -0.2) is 17.0 Å². The van der Waals surface area contributed by atoms with Gasteiger partial charge in [0.15, 0.2) is 0 Å². The highest BCUT2D eigenvalue weighted by Crippen LogP contribution is 2.21. The van der Waals surface area contributed by atoms with Gasteiger partial charge < -0.3 is 10.6 Å². The van der Waals surface area contributed by atoms with E-state index < -0.39 is 0 Å². The molecule has 0 aliphatic carbocycles. The monoisotopic (exact) mass is 256 g/mol. The van der Waals surface area contributed by atoms with Gasteiger partial charge in [-0.2, -0.15) is 0 Å². The maximum Gasteiger partial charge on any atom is 0.229 e. The van der Waals surface area contributed by atoms with E-state index in [2.05, 4.69) is 23.8 Å². The second kappa shape index (κ2) is 5.69. The summed E-state index contributed by atoms with van der Waals surface area (Å²) in [6, 6.07) is 7.67. The molecular weight excluding hydrogens is 236 g/mol. The van der Waals surface area contributed by atoms with Crippen molar-refractivity contribution in [2.45, 2.75) is 20.3 Å². The van der Waals surface area contributed by atoms with Crippen molar-refractivity contribution in [2.24, 2.45) is 5.92 Å². The standard InChI is InChI=1S/C15H20N4/c1-11(2)8-12-9-17-15(18-10-12)19(3)14-6-4-13(16)5-7-14/h4-7,9-11H,8,16H2,1-3H3. The van der Waals surface area contributed by atoms with Crippen molar-refractivity contribution < 1.29 is 0 Å². The highest BCUT2D eigenvalue weighted by molar-refractivity contribution is 5.59. The number of anilines is 3. The highest BCUT2D eigenvalue weighted by Gasteiger charge is 2.07. The van der Waals surface area contributed by atoms with Crippen LogP contribution in [0.25, 0.3) is 0 Å². The fourth-order valence-electron chi connectivity index (χ4n) is 1.91. The average Bonchev–Trinajstić information content (AvgIpc) is 2.39. The van der Waals surface area contributed by atoms with E-state index in [0.717, 1.165) is 17.8 Å². The number of nitrogens with zero attached hydrogens (tertiary/aromatic N) is 3. The van der Waals surface area contributed by atoms with Gasteiger partial charge in [-0.15, -0.1) is 0 Å². The van der Waals surface area contributed by atoms with Gasteiger partial charge in [-0.05, 0) is 42.2 Å². The number of hydrogen-bond acceptors (Lipinski definition) is 4. The Morgan fingerprint density at radius 3 is 2.21 bits per heavy atom. The van der Waals surface area contributed by atoms with Gasteiger partial charge in [0.1, 0.15) is 0 Å². The molecule has 4 nitrogen and oxygen atoms in total. The van der Waals surface area contributed by atoms with E-state index in [1.165, 1.54) is 5.56 Å². The zero-order valence-corrected chi connectivity index (χ0v) is 11.7. The van der Waals surface area contributed by atoms with E-state index in [0.29, 0.717) is 11.9 Å². The van der Waals surface area contributed by atoms with Crippen LogP contribution in [0.3, 0.4) is 0 Å². The number of hydrogen-bond donors (Lipinski definition) is 1. The molecule has 1 heterocycles. The molecule has 0 spiro atoms. The second-order valence-electron chi connectivity index (χ2n) is 5.14. The summed E-state index contributed by atoms with van der Waals surface area (Å²) < 4.78 is 0. The maximum atomic E-state index is 5.68. The summed E-state index contributed by atoms with van der Waals surface area (Å²) in [5, 5.41) is 0. The minimum atomic E-state index is 0.615. The lowest BCUT2D eigenvalue weighted by Crippen LogP contribution is -2.13. The van der Waals surface area contributed by atoms with Gasteiger partial charge >= 0.3 is 0 Å². The molecular formula is C15H20N4. The SMILES string of the molecule is CC(C)Cc1cnc(N(C)c2ccc(N)cc2)nc1. The zero-order chi connectivity index (χ0) is 13.8. The smallest absolute Gasteiger partial charge is 0.229 e. The first-order valence-corrected chi connectivity index (χ1v) is 6.46. The Kier molecular flexibility index (Phi) is 4.00. The van der Waals surface area contributed by atoms with Crippen LogP contribution in [0.15, 0.2) is 36.7 Å². The number of nitrogens with two attached hydrogens (primary N) is 1. The normalized spacial score (nSPS) is 10.7. The average molecular weight is 256 g/mol. The first-order chi connectivity index (χ1) is 9.06. The minimum absolute atomic E-state index is 0.615. The second-order valence-corrected chi connectivity index (χ2v) is 5.14. The van der Waals surface area contributed by atoms with Crippen molar-refractivity contribution in [1.29, 1.82) is 0 Å². The molecule has 0 amide bonds. The van der Waals surface area contributed by atoms with E-state index in [1.807, 2.05) is 48.6 Å². The largest absolute Gasteiger partial charge is 0.399 e. The Morgan fingerprint density at radius 1 is 1.11 bits per heavy atom. The van der Waals surface area contributed by atoms with Crippen LogP contribution in [-0.2, 0) is 6.42 Å². The van der Waals surface area contributed by atoms with Gasteiger partial charge in [0.2, 0.25) is 5.95 Å². The van der Waals surface area contributed by atoms with Gasteiger partial charge in [0, 0.05) is 30.8 Å². The molecule has 0 bridgehead atoms. The summed E-state index contributed by atoms with van der Waals surface area (Å²) in [4.78, 5) is 10.8. The minimum Gasteiger partial charge on any atom is -0.399 e. The van der Waals surface area contributed by atoms with Gasteiger partial charge in [0.25, 0.3) is 0 Å². The van der Waals surface area contributed by atoms with Gasteiger partial charge in [-0.3, -0.25) is 0 Å². The maximum absolute atomic E-state index is 5.68. The van der Waals surface area contributed by atoms with E-state index in [9.17, 15) is 0 Å².